The summed E-state index contributed by atoms with van der Waals surface area (Å²) < 4.78 is 41.2. The zero-order valence-corrected chi connectivity index (χ0v) is 11.4. The first-order chi connectivity index (χ1) is 9.87. The number of carbonyl (C=O) groups excluding carboxylic acids is 1. The Bertz CT molecular complexity index is 640. The Labute approximate surface area is 122 Å². The first-order valence-electron chi connectivity index (χ1n) is 5.80. The van der Waals surface area contributed by atoms with Crippen LogP contribution in [0.15, 0.2) is 35.7 Å². The van der Waals surface area contributed by atoms with Crippen LogP contribution < -0.4 is 15.8 Å². The van der Waals surface area contributed by atoms with Gasteiger partial charge in [0.1, 0.15) is 10.6 Å². The Morgan fingerprint density at radius 3 is 2.62 bits per heavy atom. The van der Waals surface area contributed by atoms with E-state index in [1.807, 2.05) is 0 Å². The van der Waals surface area contributed by atoms with E-state index in [1.54, 1.807) is 17.5 Å². The molecule has 1 heterocycles. The minimum absolute atomic E-state index is 0.0571. The van der Waals surface area contributed by atoms with Crippen molar-refractivity contribution in [3.8, 4) is 5.75 Å². The molecule has 0 unspecified atom stereocenters. The summed E-state index contributed by atoms with van der Waals surface area (Å²) in [5.74, 6) is -0.552. The molecule has 0 saturated carbocycles. The standard InChI is InChI=1S/C13H11F3N2O2S/c14-13(15,16)7-20-10-4-2-1-3-9(10)18-12(19)11-8(17)5-6-21-11/h1-6H,7,17H2,(H,18,19). The molecule has 8 heteroatoms. The number of para-hydroxylation sites is 2. The molecule has 1 aromatic carbocycles. The van der Waals surface area contributed by atoms with E-state index in [9.17, 15) is 18.0 Å². The fourth-order valence-electron chi connectivity index (χ4n) is 1.54. The lowest BCUT2D eigenvalue weighted by atomic mass is 10.2. The topological polar surface area (TPSA) is 64.4 Å². The van der Waals surface area contributed by atoms with Crippen LogP contribution in [0.3, 0.4) is 0 Å². The van der Waals surface area contributed by atoms with Gasteiger partial charge in [-0.05, 0) is 23.6 Å². The molecule has 0 spiro atoms. The molecule has 112 valence electrons. The van der Waals surface area contributed by atoms with E-state index in [1.165, 1.54) is 18.2 Å². The average Bonchev–Trinajstić information content (AvgIpc) is 2.83. The van der Waals surface area contributed by atoms with Crippen LogP contribution in [0.4, 0.5) is 24.5 Å². The molecule has 0 aliphatic carbocycles. The van der Waals surface area contributed by atoms with Crippen LogP contribution in [0.2, 0.25) is 0 Å². The molecule has 1 amide bonds. The molecule has 0 saturated heterocycles. The van der Waals surface area contributed by atoms with Crippen LogP contribution in [0.1, 0.15) is 9.67 Å². The number of thiophene rings is 1. The summed E-state index contributed by atoms with van der Waals surface area (Å²) in [5.41, 5.74) is 6.08. The summed E-state index contributed by atoms with van der Waals surface area (Å²) in [6.45, 7) is -1.43. The maximum absolute atomic E-state index is 12.2. The number of benzene rings is 1. The van der Waals surface area contributed by atoms with E-state index in [0.29, 0.717) is 10.6 Å². The molecule has 2 rings (SSSR count). The second-order valence-electron chi connectivity index (χ2n) is 4.06. The largest absolute Gasteiger partial charge is 0.482 e. The highest BCUT2D eigenvalue weighted by molar-refractivity contribution is 7.12. The van der Waals surface area contributed by atoms with E-state index >= 15 is 0 Å². The van der Waals surface area contributed by atoms with Gasteiger partial charge in [0, 0.05) is 0 Å². The van der Waals surface area contributed by atoms with E-state index in [2.05, 4.69) is 10.1 Å². The van der Waals surface area contributed by atoms with Gasteiger partial charge in [0.25, 0.3) is 5.91 Å². The monoisotopic (exact) mass is 316 g/mol. The highest BCUT2D eigenvalue weighted by Gasteiger charge is 2.29. The quantitative estimate of drug-likeness (QED) is 0.907. The van der Waals surface area contributed by atoms with Crippen LogP contribution in [-0.2, 0) is 0 Å². The molecule has 4 nitrogen and oxygen atoms in total. The highest BCUT2D eigenvalue weighted by Crippen LogP contribution is 2.28. The smallest absolute Gasteiger partial charge is 0.422 e. The lowest BCUT2D eigenvalue weighted by molar-refractivity contribution is -0.153. The number of nitrogen functional groups attached to an aromatic ring is 1. The number of anilines is 2. The fraction of sp³-hybridized carbons (Fsp3) is 0.154. The predicted molar refractivity (Wildman–Crippen MR) is 74.7 cm³/mol. The fourth-order valence-corrected chi connectivity index (χ4v) is 2.25. The Morgan fingerprint density at radius 1 is 1.29 bits per heavy atom. The van der Waals surface area contributed by atoms with Gasteiger partial charge in [-0.3, -0.25) is 4.79 Å². The SMILES string of the molecule is Nc1ccsc1C(=O)Nc1ccccc1OCC(F)(F)F. The first kappa shape index (κ1) is 15.2. The molecule has 1 aromatic heterocycles. The van der Waals surface area contributed by atoms with Gasteiger partial charge < -0.3 is 15.8 Å². The van der Waals surface area contributed by atoms with Crippen molar-refractivity contribution in [1.82, 2.24) is 0 Å². The van der Waals surface area contributed by atoms with Crippen LogP contribution in [0, 0.1) is 0 Å². The average molecular weight is 316 g/mol. The summed E-state index contributed by atoms with van der Waals surface area (Å²) in [6, 6.07) is 7.47. The third kappa shape index (κ3) is 4.12. The first-order valence-corrected chi connectivity index (χ1v) is 6.67. The molecular weight excluding hydrogens is 305 g/mol. The summed E-state index contributed by atoms with van der Waals surface area (Å²) in [5, 5.41) is 4.14. The summed E-state index contributed by atoms with van der Waals surface area (Å²) in [4.78, 5) is 12.3. The molecule has 0 atom stereocenters. The molecule has 0 bridgehead atoms. The van der Waals surface area contributed by atoms with Crippen molar-refractivity contribution in [2.75, 3.05) is 17.7 Å². The van der Waals surface area contributed by atoms with Crippen LogP contribution >= 0.6 is 11.3 Å². The maximum Gasteiger partial charge on any atom is 0.422 e. The van der Waals surface area contributed by atoms with Crippen molar-refractivity contribution in [3.05, 3.63) is 40.6 Å². The van der Waals surface area contributed by atoms with Gasteiger partial charge >= 0.3 is 6.18 Å². The van der Waals surface area contributed by atoms with Gasteiger partial charge in [-0.1, -0.05) is 12.1 Å². The number of amides is 1. The van der Waals surface area contributed by atoms with Gasteiger partial charge in [0.2, 0.25) is 0 Å². The molecule has 0 radical (unpaired) electrons. The van der Waals surface area contributed by atoms with Crippen molar-refractivity contribution >= 4 is 28.6 Å². The molecule has 0 aliphatic rings. The Kier molecular flexibility index (Phi) is 4.37. The number of ether oxygens (including phenoxy) is 1. The second kappa shape index (κ2) is 6.04. The summed E-state index contributed by atoms with van der Waals surface area (Å²) in [7, 11) is 0. The number of nitrogens with one attached hydrogen (secondary N) is 1. The van der Waals surface area contributed by atoms with Crippen molar-refractivity contribution in [2.24, 2.45) is 0 Å². The molecule has 3 N–H and O–H groups in total. The number of carbonyl (C=O) groups is 1. The third-order valence-electron chi connectivity index (χ3n) is 2.43. The van der Waals surface area contributed by atoms with Crippen molar-refractivity contribution in [2.45, 2.75) is 6.18 Å². The molecule has 21 heavy (non-hydrogen) atoms. The molecular formula is C13H11F3N2O2S. The van der Waals surface area contributed by atoms with Gasteiger partial charge in [0.15, 0.2) is 6.61 Å². The zero-order valence-electron chi connectivity index (χ0n) is 10.6. The van der Waals surface area contributed by atoms with Crippen molar-refractivity contribution in [3.63, 3.8) is 0 Å². The van der Waals surface area contributed by atoms with E-state index in [0.717, 1.165) is 11.3 Å². The minimum atomic E-state index is -4.45. The van der Waals surface area contributed by atoms with Crippen molar-refractivity contribution in [1.29, 1.82) is 0 Å². The summed E-state index contributed by atoms with van der Waals surface area (Å²) in [6.07, 6.45) is -4.45. The lowest BCUT2D eigenvalue weighted by Crippen LogP contribution is -2.20. The zero-order chi connectivity index (χ0) is 15.5. The summed E-state index contributed by atoms with van der Waals surface area (Å²) >= 11 is 1.14. The van der Waals surface area contributed by atoms with Gasteiger partial charge in [-0.25, -0.2) is 0 Å². The number of rotatable bonds is 4. The predicted octanol–water partition coefficient (Wildman–Crippen LogP) is 3.52. The number of alkyl halides is 3. The normalized spacial score (nSPS) is 11.2. The lowest BCUT2D eigenvalue weighted by Gasteiger charge is -2.13. The second-order valence-corrected chi connectivity index (χ2v) is 4.98. The van der Waals surface area contributed by atoms with Crippen LogP contribution in [0.25, 0.3) is 0 Å². The van der Waals surface area contributed by atoms with E-state index in [4.69, 9.17) is 5.73 Å². The van der Waals surface area contributed by atoms with Gasteiger partial charge in [0.05, 0.1) is 11.4 Å². The van der Waals surface area contributed by atoms with Gasteiger partial charge in [-0.15, -0.1) is 11.3 Å². The minimum Gasteiger partial charge on any atom is -0.482 e. The van der Waals surface area contributed by atoms with E-state index in [-0.39, 0.29) is 11.4 Å². The number of nitrogens with two attached hydrogens (primary N) is 1. The van der Waals surface area contributed by atoms with Gasteiger partial charge in [-0.2, -0.15) is 13.2 Å². The number of hydrogen-bond donors (Lipinski definition) is 2. The molecule has 2 aromatic rings. The number of halogens is 3. The van der Waals surface area contributed by atoms with E-state index < -0.39 is 18.7 Å². The molecule has 0 aliphatic heterocycles. The van der Waals surface area contributed by atoms with Crippen LogP contribution in [-0.4, -0.2) is 18.7 Å². The third-order valence-corrected chi connectivity index (χ3v) is 3.36. The Hall–Kier alpha value is -2.22. The van der Waals surface area contributed by atoms with Crippen LogP contribution in [0.5, 0.6) is 5.75 Å². The van der Waals surface area contributed by atoms with Crippen molar-refractivity contribution < 1.29 is 22.7 Å². The maximum atomic E-state index is 12.2. The Balaban J connectivity index is 2.13. The Morgan fingerprint density at radius 2 is 2.00 bits per heavy atom. The highest BCUT2D eigenvalue weighted by atomic mass is 32.1. The molecule has 0 fully saturated rings. The number of hydrogen-bond acceptors (Lipinski definition) is 4.